The van der Waals surface area contributed by atoms with E-state index in [1.54, 1.807) is 9.80 Å². The van der Waals surface area contributed by atoms with E-state index in [1.807, 2.05) is 62.3 Å². The smallest absolute Gasteiger partial charge is 0.410 e. The molecule has 0 unspecified atom stereocenters. The monoisotopic (exact) mass is 615 g/mol. The second-order valence-corrected chi connectivity index (χ2v) is 17.1. The van der Waals surface area contributed by atoms with E-state index in [9.17, 15) is 18.6 Å². The number of carbonyl (C=O) groups excluding carboxylic acids is 3. The van der Waals surface area contributed by atoms with Crippen molar-refractivity contribution >= 4 is 29.0 Å². The van der Waals surface area contributed by atoms with Crippen molar-refractivity contribution in [3.05, 3.63) is 0 Å². The first kappa shape index (κ1) is 34.7. The first-order chi connectivity index (χ1) is 19.3. The lowest BCUT2D eigenvalue weighted by Crippen LogP contribution is -2.54. The van der Waals surface area contributed by atoms with Crippen molar-refractivity contribution in [2.24, 2.45) is 10.8 Å². The summed E-state index contributed by atoms with van der Waals surface area (Å²) < 4.78 is 37.1. The normalized spacial score (nSPS) is 24.8. The molecular formula is C30H53N3O8S. The molecule has 0 saturated carbocycles. The number of nitrogens with one attached hydrogen (secondary N) is 1. The van der Waals surface area contributed by atoms with Crippen LogP contribution >= 0.6 is 0 Å². The molecule has 4 saturated heterocycles. The number of rotatable bonds is 2. The minimum atomic E-state index is -1.12. The highest BCUT2D eigenvalue weighted by Gasteiger charge is 2.48. The van der Waals surface area contributed by atoms with Gasteiger partial charge in [0.25, 0.3) is 0 Å². The summed E-state index contributed by atoms with van der Waals surface area (Å²) in [5, 5.41) is 0. The zero-order valence-corrected chi connectivity index (χ0v) is 27.9. The van der Waals surface area contributed by atoms with Crippen LogP contribution in [0.5, 0.6) is 0 Å². The standard InChI is InChI=1S/C17H32N2O4S.C13H21NO4/c1-15(2,3)23-14(20)19-9-7-17(8-10-19)12-22-11-13(17)18-24(21)16(4,5)6;1-12(2,3)18-11(16)14-6-4-13(5-7-14)9-17-8-10(13)15/h13,18H,7-12H2,1-6H3;4-9H2,1-3H3/t13-,24-;/m1./s1. The molecule has 0 radical (unpaired) electrons. The molecule has 4 aliphatic heterocycles. The Morgan fingerprint density at radius 2 is 1.29 bits per heavy atom. The molecule has 242 valence electrons. The number of hydrogen-bond acceptors (Lipinski definition) is 8. The van der Waals surface area contributed by atoms with Gasteiger partial charge in [-0.1, -0.05) is 0 Å². The second-order valence-electron chi connectivity index (χ2n) is 15.1. The Balaban J connectivity index is 0.000000240. The maximum absolute atomic E-state index is 12.4. The summed E-state index contributed by atoms with van der Waals surface area (Å²) in [5.41, 5.74) is -1.33. The maximum atomic E-state index is 12.4. The fourth-order valence-corrected chi connectivity index (χ4v) is 6.45. The largest absolute Gasteiger partial charge is 0.444 e. The summed E-state index contributed by atoms with van der Waals surface area (Å²) in [6.45, 7) is 21.5. The number of Topliss-reactive ketones (excluding diaryl/α,β-unsaturated/α-hetero) is 1. The van der Waals surface area contributed by atoms with Crippen LogP contribution in [0.2, 0.25) is 0 Å². The van der Waals surface area contributed by atoms with Crippen LogP contribution in [0.4, 0.5) is 9.59 Å². The molecule has 4 heterocycles. The second kappa shape index (κ2) is 13.1. The molecule has 2 spiro atoms. The molecule has 0 bridgehead atoms. The lowest BCUT2D eigenvalue weighted by molar-refractivity contribution is -0.126. The number of likely N-dealkylation sites (tertiary alicyclic amines) is 2. The molecule has 1 N–H and O–H groups in total. The third-order valence-corrected chi connectivity index (χ3v) is 9.82. The molecular weight excluding hydrogens is 562 g/mol. The lowest BCUT2D eigenvalue weighted by atomic mass is 9.75. The van der Waals surface area contributed by atoms with Gasteiger partial charge < -0.3 is 28.7 Å². The van der Waals surface area contributed by atoms with Gasteiger partial charge in [-0.25, -0.2) is 18.5 Å². The molecule has 12 heteroatoms. The van der Waals surface area contributed by atoms with Gasteiger partial charge >= 0.3 is 12.2 Å². The van der Waals surface area contributed by atoms with E-state index in [0.717, 1.165) is 12.8 Å². The summed E-state index contributed by atoms with van der Waals surface area (Å²) in [4.78, 5) is 39.4. The van der Waals surface area contributed by atoms with E-state index in [1.165, 1.54) is 0 Å². The molecule has 0 aromatic rings. The molecule has 2 atom stereocenters. The summed E-state index contributed by atoms with van der Waals surface area (Å²) in [6, 6.07) is 0.0679. The van der Waals surface area contributed by atoms with E-state index in [4.69, 9.17) is 18.9 Å². The van der Waals surface area contributed by atoms with Crippen molar-refractivity contribution in [1.82, 2.24) is 14.5 Å². The molecule has 4 aliphatic rings. The number of ether oxygens (including phenoxy) is 4. The molecule has 2 amide bonds. The van der Waals surface area contributed by atoms with Gasteiger partial charge in [0.2, 0.25) is 0 Å². The topological polar surface area (TPSA) is 124 Å². The minimum absolute atomic E-state index is 0.0422. The zero-order chi connectivity index (χ0) is 31.6. The number of amides is 2. The number of carbonyl (C=O) groups is 3. The Hall–Kier alpha value is -1.76. The van der Waals surface area contributed by atoms with Crippen LogP contribution in [0.1, 0.15) is 88.0 Å². The Bertz CT molecular complexity index is 997. The van der Waals surface area contributed by atoms with E-state index >= 15 is 0 Å². The first-order valence-electron chi connectivity index (χ1n) is 15.1. The Morgan fingerprint density at radius 3 is 1.69 bits per heavy atom. The SMILES string of the molecule is CC(C)(C)OC(=O)N1CCC2(CC1)COCC2=O.CC(C)(C)OC(=O)N1CCC2(CC1)COC[C@H]2N[S@](=O)C(C)(C)C. The number of nitrogens with zero attached hydrogens (tertiary/aromatic N) is 2. The van der Waals surface area contributed by atoms with Gasteiger partial charge in [0.15, 0.2) is 5.78 Å². The molecule has 4 fully saturated rings. The Labute approximate surface area is 254 Å². The van der Waals surface area contributed by atoms with E-state index < -0.39 is 22.2 Å². The van der Waals surface area contributed by atoms with Crippen LogP contribution in [0, 0.1) is 10.8 Å². The number of piperidine rings is 2. The van der Waals surface area contributed by atoms with Crippen molar-refractivity contribution in [3.8, 4) is 0 Å². The van der Waals surface area contributed by atoms with Crippen molar-refractivity contribution in [2.45, 2.75) is 110 Å². The van der Waals surface area contributed by atoms with Gasteiger partial charge in [-0.3, -0.25) is 4.79 Å². The molecule has 42 heavy (non-hydrogen) atoms. The van der Waals surface area contributed by atoms with Gasteiger partial charge in [0.1, 0.15) is 17.8 Å². The number of hydrogen-bond donors (Lipinski definition) is 1. The third kappa shape index (κ3) is 9.12. The highest BCUT2D eigenvalue weighted by molar-refractivity contribution is 7.84. The summed E-state index contributed by atoms with van der Waals surface area (Å²) in [7, 11) is -1.12. The average Bonchev–Trinajstić information content (AvgIpc) is 3.40. The molecule has 0 aromatic heterocycles. The van der Waals surface area contributed by atoms with Gasteiger partial charge in [-0.15, -0.1) is 0 Å². The average molecular weight is 616 g/mol. The van der Waals surface area contributed by atoms with E-state index in [-0.39, 0.29) is 46.2 Å². The summed E-state index contributed by atoms with van der Waals surface area (Å²) in [5.74, 6) is 0.186. The zero-order valence-electron chi connectivity index (χ0n) is 27.1. The molecule has 11 nitrogen and oxygen atoms in total. The molecule has 0 aliphatic carbocycles. The first-order valence-corrected chi connectivity index (χ1v) is 16.2. The predicted molar refractivity (Wildman–Crippen MR) is 160 cm³/mol. The van der Waals surface area contributed by atoms with Crippen molar-refractivity contribution in [1.29, 1.82) is 0 Å². The fraction of sp³-hybridized carbons (Fsp3) is 0.900. The number of ketones is 1. The van der Waals surface area contributed by atoms with Crippen LogP contribution < -0.4 is 4.72 Å². The van der Waals surface area contributed by atoms with Crippen molar-refractivity contribution in [3.63, 3.8) is 0 Å². The van der Waals surface area contributed by atoms with Crippen LogP contribution in [0.15, 0.2) is 0 Å². The third-order valence-electron chi connectivity index (χ3n) is 8.20. The van der Waals surface area contributed by atoms with Gasteiger partial charge in [-0.05, 0) is 88.0 Å². The van der Waals surface area contributed by atoms with Crippen LogP contribution in [0.3, 0.4) is 0 Å². The van der Waals surface area contributed by atoms with E-state index in [0.29, 0.717) is 58.8 Å². The van der Waals surface area contributed by atoms with E-state index in [2.05, 4.69) is 4.72 Å². The summed E-state index contributed by atoms with van der Waals surface area (Å²) in [6.07, 6.45) is 2.51. The van der Waals surface area contributed by atoms with Gasteiger partial charge in [0, 0.05) is 31.6 Å². The van der Waals surface area contributed by atoms with Gasteiger partial charge in [0.05, 0.1) is 47.0 Å². The Kier molecular flexibility index (Phi) is 10.8. The highest BCUT2D eigenvalue weighted by Crippen LogP contribution is 2.40. The van der Waals surface area contributed by atoms with Crippen LogP contribution in [-0.2, 0) is 34.7 Å². The van der Waals surface area contributed by atoms with Crippen molar-refractivity contribution in [2.75, 3.05) is 52.6 Å². The van der Waals surface area contributed by atoms with Crippen LogP contribution in [0.25, 0.3) is 0 Å². The Morgan fingerprint density at radius 1 is 0.810 bits per heavy atom. The highest BCUT2D eigenvalue weighted by atomic mass is 32.2. The van der Waals surface area contributed by atoms with Gasteiger partial charge in [-0.2, -0.15) is 0 Å². The predicted octanol–water partition coefficient (Wildman–Crippen LogP) is 4.06. The lowest BCUT2D eigenvalue weighted by Gasteiger charge is -2.42. The summed E-state index contributed by atoms with van der Waals surface area (Å²) >= 11 is 0. The minimum Gasteiger partial charge on any atom is -0.444 e. The molecule has 4 rings (SSSR count). The fourth-order valence-electron chi connectivity index (χ4n) is 5.52. The van der Waals surface area contributed by atoms with Crippen molar-refractivity contribution < 1.29 is 37.5 Å². The van der Waals surface area contributed by atoms with Crippen LogP contribution in [-0.4, -0.2) is 107 Å². The quantitative estimate of drug-likeness (QED) is 0.494. The maximum Gasteiger partial charge on any atom is 0.410 e. The molecule has 0 aromatic carbocycles.